The SMILES string of the molecule is COC(=O)CC[C@@H](NC(=O)C(N)c1cccs1)C(=O)O. The summed E-state index contributed by atoms with van der Waals surface area (Å²) >= 11 is 1.31. The van der Waals surface area contributed by atoms with Crippen molar-refractivity contribution in [1.82, 2.24) is 5.32 Å². The first kappa shape index (κ1) is 16.1. The largest absolute Gasteiger partial charge is 0.480 e. The van der Waals surface area contributed by atoms with E-state index in [1.807, 2.05) is 0 Å². The van der Waals surface area contributed by atoms with Gasteiger partial charge < -0.3 is 20.9 Å². The molecule has 0 aliphatic carbocycles. The number of nitrogens with two attached hydrogens (primary N) is 1. The third kappa shape index (κ3) is 4.63. The summed E-state index contributed by atoms with van der Waals surface area (Å²) in [6, 6.07) is 1.35. The van der Waals surface area contributed by atoms with Crippen molar-refractivity contribution in [2.24, 2.45) is 5.73 Å². The maximum absolute atomic E-state index is 11.9. The number of aliphatic carboxylic acids is 1. The molecule has 0 saturated carbocycles. The van der Waals surface area contributed by atoms with E-state index in [0.717, 1.165) is 0 Å². The van der Waals surface area contributed by atoms with E-state index in [-0.39, 0.29) is 12.8 Å². The lowest BCUT2D eigenvalue weighted by atomic mass is 10.1. The molecular weight excluding hydrogens is 284 g/mol. The van der Waals surface area contributed by atoms with Crippen molar-refractivity contribution in [2.45, 2.75) is 24.9 Å². The number of hydrogen-bond donors (Lipinski definition) is 3. The molecule has 4 N–H and O–H groups in total. The van der Waals surface area contributed by atoms with Crippen LogP contribution in [0, 0.1) is 0 Å². The highest BCUT2D eigenvalue weighted by atomic mass is 32.1. The number of rotatable bonds is 7. The maximum atomic E-state index is 11.9. The van der Waals surface area contributed by atoms with Gasteiger partial charge in [0, 0.05) is 11.3 Å². The second kappa shape index (κ2) is 7.61. The quantitative estimate of drug-likeness (QED) is 0.622. The fraction of sp³-hybridized carbons (Fsp3) is 0.417. The monoisotopic (exact) mass is 300 g/mol. The van der Waals surface area contributed by atoms with Gasteiger partial charge in [-0.15, -0.1) is 11.3 Å². The number of ether oxygens (including phenoxy) is 1. The van der Waals surface area contributed by atoms with Gasteiger partial charge in [-0.3, -0.25) is 9.59 Å². The number of hydrogen-bond acceptors (Lipinski definition) is 6. The molecule has 1 aromatic rings. The van der Waals surface area contributed by atoms with Gasteiger partial charge in [-0.1, -0.05) is 6.07 Å². The smallest absolute Gasteiger partial charge is 0.326 e. The second-order valence-electron chi connectivity index (χ2n) is 4.01. The maximum Gasteiger partial charge on any atom is 0.326 e. The van der Waals surface area contributed by atoms with Crippen molar-refractivity contribution in [2.75, 3.05) is 7.11 Å². The van der Waals surface area contributed by atoms with Gasteiger partial charge in [-0.25, -0.2) is 4.79 Å². The minimum Gasteiger partial charge on any atom is -0.480 e. The Bertz CT molecular complexity index is 474. The van der Waals surface area contributed by atoms with E-state index >= 15 is 0 Å². The van der Waals surface area contributed by atoms with Gasteiger partial charge >= 0.3 is 11.9 Å². The summed E-state index contributed by atoms with van der Waals surface area (Å²) in [7, 11) is 1.21. The summed E-state index contributed by atoms with van der Waals surface area (Å²) in [5, 5.41) is 13.1. The first-order valence-corrected chi connectivity index (χ1v) is 6.72. The highest BCUT2D eigenvalue weighted by molar-refractivity contribution is 7.10. The minimum absolute atomic E-state index is 0.0507. The Morgan fingerprint density at radius 3 is 2.70 bits per heavy atom. The number of carboxylic acids is 1. The molecule has 110 valence electrons. The first-order valence-electron chi connectivity index (χ1n) is 5.84. The Morgan fingerprint density at radius 2 is 2.20 bits per heavy atom. The Balaban J connectivity index is 2.59. The minimum atomic E-state index is -1.22. The molecule has 0 aliphatic heterocycles. The number of amides is 1. The van der Waals surface area contributed by atoms with Crippen LogP contribution in [0.1, 0.15) is 23.8 Å². The van der Waals surface area contributed by atoms with E-state index in [2.05, 4.69) is 10.1 Å². The standard InChI is InChI=1S/C12H16N2O5S/c1-19-9(15)5-4-7(12(17)18)14-11(16)10(13)8-3-2-6-20-8/h2-3,6-7,10H,4-5,13H2,1H3,(H,14,16)(H,17,18)/t7-,10?/m1/s1. The Labute approximate surface area is 119 Å². The van der Waals surface area contributed by atoms with Crippen molar-refractivity contribution < 1.29 is 24.2 Å². The molecule has 0 radical (unpaired) electrons. The van der Waals surface area contributed by atoms with Crippen LogP contribution in [0.4, 0.5) is 0 Å². The predicted molar refractivity (Wildman–Crippen MR) is 72.1 cm³/mol. The van der Waals surface area contributed by atoms with Crippen LogP contribution >= 0.6 is 11.3 Å². The molecule has 0 saturated heterocycles. The van der Waals surface area contributed by atoms with E-state index in [4.69, 9.17) is 10.8 Å². The molecule has 0 aliphatic rings. The molecule has 1 amide bonds. The predicted octanol–water partition coefficient (Wildman–Crippen LogP) is 0.270. The average Bonchev–Trinajstić information content (AvgIpc) is 2.95. The molecule has 1 heterocycles. The van der Waals surface area contributed by atoms with Crippen LogP contribution < -0.4 is 11.1 Å². The lowest BCUT2D eigenvalue weighted by Gasteiger charge is -2.16. The molecule has 2 atom stereocenters. The van der Waals surface area contributed by atoms with Gasteiger partial charge in [0.1, 0.15) is 12.1 Å². The van der Waals surface area contributed by atoms with Gasteiger partial charge in [0.05, 0.1) is 7.11 Å². The lowest BCUT2D eigenvalue weighted by molar-refractivity contribution is -0.144. The van der Waals surface area contributed by atoms with E-state index in [0.29, 0.717) is 4.88 Å². The van der Waals surface area contributed by atoms with Gasteiger partial charge in [0.25, 0.3) is 0 Å². The number of methoxy groups -OCH3 is 1. The van der Waals surface area contributed by atoms with Crippen LogP contribution in [0.2, 0.25) is 0 Å². The van der Waals surface area contributed by atoms with Crippen molar-refractivity contribution in [3.05, 3.63) is 22.4 Å². The number of thiophene rings is 1. The summed E-state index contributed by atoms with van der Waals surface area (Å²) in [5.41, 5.74) is 5.73. The van der Waals surface area contributed by atoms with Crippen molar-refractivity contribution >= 4 is 29.2 Å². The molecule has 7 nitrogen and oxygen atoms in total. The molecular formula is C12H16N2O5S. The normalized spacial score (nSPS) is 13.3. The fourth-order valence-corrected chi connectivity index (χ4v) is 2.21. The molecule has 1 aromatic heterocycles. The van der Waals surface area contributed by atoms with Crippen LogP contribution in [0.25, 0.3) is 0 Å². The molecule has 0 bridgehead atoms. The molecule has 0 spiro atoms. The summed E-state index contributed by atoms with van der Waals surface area (Å²) in [6.07, 6.45) is -0.146. The van der Waals surface area contributed by atoms with E-state index in [1.165, 1.54) is 18.4 Å². The number of carboxylic acid groups (broad SMARTS) is 1. The topological polar surface area (TPSA) is 119 Å². The summed E-state index contributed by atoms with van der Waals surface area (Å²) in [6.45, 7) is 0. The van der Waals surface area contributed by atoms with Gasteiger partial charge in [0.2, 0.25) is 5.91 Å². The van der Waals surface area contributed by atoms with Crippen molar-refractivity contribution in [1.29, 1.82) is 0 Å². The molecule has 8 heteroatoms. The Kier molecular flexibility index (Phi) is 6.13. The van der Waals surface area contributed by atoms with E-state index in [1.54, 1.807) is 17.5 Å². The van der Waals surface area contributed by atoms with Gasteiger partial charge in [-0.05, 0) is 17.9 Å². The Morgan fingerprint density at radius 1 is 1.50 bits per heavy atom. The van der Waals surface area contributed by atoms with E-state index in [9.17, 15) is 14.4 Å². The fourth-order valence-electron chi connectivity index (χ4n) is 1.48. The summed E-state index contributed by atoms with van der Waals surface area (Å²) in [4.78, 5) is 34.5. The van der Waals surface area contributed by atoms with Crippen molar-refractivity contribution in [3.63, 3.8) is 0 Å². The highest BCUT2D eigenvalue weighted by Gasteiger charge is 2.25. The zero-order valence-corrected chi connectivity index (χ0v) is 11.7. The van der Waals surface area contributed by atoms with Gasteiger partial charge in [-0.2, -0.15) is 0 Å². The summed E-state index contributed by atoms with van der Waals surface area (Å²) < 4.78 is 4.42. The number of carbonyl (C=O) groups excluding carboxylic acids is 2. The van der Waals surface area contributed by atoms with Crippen molar-refractivity contribution in [3.8, 4) is 0 Å². The molecule has 1 rings (SSSR count). The van der Waals surface area contributed by atoms with Crippen LogP contribution in [0.5, 0.6) is 0 Å². The molecule has 1 unspecified atom stereocenters. The second-order valence-corrected chi connectivity index (χ2v) is 4.99. The summed E-state index contributed by atoms with van der Waals surface area (Å²) in [5.74, 6) is -2.35. The van der Waals surface area contributed by atoms with E-state index < -0.39 is 29.9 Å². The van der Waals surface area contributed by atoms with Crippen LogP contribution in [-0.4, -0.2) is 36.1 Å². The van der Waals surface area contributed by atoms with Crippen LogP contribution in [0.3, 0.4) is 0 Å². The van der Waals surface area contributed by atoms with Crippen LogP contribution in [-0.2, 0) is 19.1 Å². The zero-order chi connectivity index (χ0) is 15.1. The molecule has 0 fully saturated rings. The number of carbonyl (C=O) groups is 3. The van der Waals surface area contributed by atoms with Gasteiger partial charge in [0.15, 0.2) is 0 Å². The average molecular weight is 300 g/mol. The van der Waals surface area contributed by atoms with Crippen LogP contribution in [0.15, 0.2) is 17.5 Å². The number of esters is 1. The highest BCUT2D eigenvalue weighted by Crippen LogP contribution is 2.17. The zero-order valence-electron chi connectivity index (χ0n) is 10.9. The third-order valence-corrected chi connectivity index (χ3v) is 3.57. The Hall–Kier alpha value is -1.93. The molecule has 0 aromatic carbocycles. The molecule has 20 heavy (non-hydrogen) atoms. The first-order chi connectivity index (χ1) is 9.45. The third-order valence-electron chi connectivity index (χ3n) is 2.61. The number of nitrogens with one attached hydrogen (secondary N) is 1. The lowest BCUT2D eigenvalue weighted by Crippen LogP contribution is -2.45.